The van der Waals surface area contributed by atoms with Crippen molar-refractivity contribution in [3.63, 3.8) is 0 Å². The fourth-order valence-electron chi connectivity index (χ4n) is 0.714. The Morgan fingerprint density at radius 3 is 2.93 bits per heavy atom. The number of nitrogens with one attached hydrogen (secondary N) is 1. The van der Waals surface area contributed by atoms with E-state index in [4.69, 9.17) is 11.6 Å². The number of aromatic nitrogens is 1. The molecule has 3 N–H and O–H groups in total. The summed E-state index contributed by atoms with van der Waals surface area (Å²) in [5.74, 6) is 2.45. The predicted octanol–water partition coefficient (Wildman–Crippen LogP) is 0.226. The molecule has 7 heteroatoms. The zero-order chi connectivity index (χ0) is 10.6. The normalized spacial score (nSPS) is 10.9. The molecule has 0 saturated heterocycles. The number of hydrogen-bond acceptors (Lipinski definition) is 5. The zero-order valence-electron chi connectivity index (χ0n) is 7.23. The van der Waals surface area contributed by atoms with E-state index in [-0.39, 0.29) is 4.21 Å². The summed E-state index contributed by atoms with van der Waals surface area (Å²) in [5.41, 5.74) is 0. The molecule has 0 atom stereocenters. The van der Waals surface area contributed by atoms with Crippen molar-refractivity contribution < 1.29 is 8.42 Å². The van der Waals surface area contributed by atoms with Crippen LogP contribution in [0.1, 0.15) is 6.42 Å². The highest BCUT2D eigenvalue weighted by atomic mass is 32.2. The first-order valence-corrected chi connectivity index (χ1v) is 6.06. The second-order valence-electron chi connectivity index (χ2n) is 2.41. The molecule has 0 fully saturated rings. The summed E-state index contributed by atoms with van der Waals surface area (Å²) in [6, 6.07) is 0. The van der Waals surface area contributed by atoms with Crippen LogP contribution in [0.5, 0.6) is 0 Å². The van der Waals surface area contributed by atoms with Gasteiger partial charge >= 0.3 is 0 Å². The molecule has 0 unspecified atom stereocenters. The lowest BCUT2D eigenvalue weighted by Crippen LogP contribution is -2.09. The van der Waals surface area contributed by atoms with Crippen molar-refractivity contribution in [2.75, 3.05) is 11.9 Å². The van der Waals surface area contributed by atoms with Crippen LogP contribution in [0.15, 0.2) is 10.4 Å². The average molecular weight is 231 g/mol. The van der Waals surface area contributed by atoms with Gasteiger partial charge in [-0.1, -0.05) is 11.3 Å². The van der Waals surface area contributed by atoms with E-state index in [1.807, 2.05) is 0 Å². The van der Waals surface area contributed by atoms with Gasteiger partial charge in [0.25, 0.3) is 0 Å². The van der Waals surface area contributed by atoms with Crippen molar-refractivity contribution in [1.82, 2.24) is 4.98 Å². The Bertz CT molecular complexity index is 444. The molecule has 14 heavy (non-hydrogen) atoms. The van der Waals surface area contributed by atoms with Crippen LogP contribution >= 0.6 is 11.3 Å². The van der Waals surface area contributed by atoms with Gasteiger partial charge in [-0.2, -0.15) is 0 Å². The molecule has 0 aliphatic carbocycles. The van der Waals surface area contributed by atoms with E-state index in [9.17, 15) is 8.42 Å². The molecule has 0 aliphatic rings. The van der Waals surface area contributed by atoms with Gasteiger partial charge in [-0.15, -0.1) is 12.3 Å². The van der Waals surface area contributed by atoms with Crippen LogP contribution in [0.3, 0.4) is 0 Å². The summed E-state index contributed by atoms with van der Waals surface area (Å²) < 4.78 is 21.8. The molecular weight excluding hydrogens is 222 g/mol. The number of anilines is 1. The maximum Gasteiger partial charge on any atom is 0.249 e. The van der Waals surface area contributed by atoms with Gasteiger partial charge in [0.2, 0.25) is 10.0 Å². The Labute approximate surface area is 86.4 Å². The van der Waals surface area contributed by atoms with Gasteiger partial charge in [0.15, 0.2) is 9.34 Å². The van der Waals surface area contributed by atoms with E-state index in [1.165, 1.54) is 6.20 Å². The Hall–Kier alpha value is -1.10. The lowest BCUT2D eigenvalue weighted by Gasteiger charge is -1.96. The molecule has 1 rings (SSSR count). The summed E-state index contributed by atoms with van der Waals surface area (Å²) in [6.07, 6.45) is 6.82. The van der Waals surface area contributed by atoms with Gasteiger partial charge in [-0.25, -0.2) is 18.5 Å². The van der Waals surface area contributed by atoms with E-state index >= 15 is 0 Å². The van der Waals surface area contributed by atoms with Crippen molar-refractivity contribution >= 4 is 26.5 Å². The van der Waals surface area contributed by atoms with Crippen molar-refractivity contribution in [3.05, 3.63) is 6.20 Å². The highest BCUT2D eigenvalue weighted by molar-refractivity contribution is 7.91. The van der Waals surface area contributed by atoms with E-state index in [0.717, 1.165) is 11.3 Å². The molecule has 0 spiro atoms. The minimum Gasteiger partial charge on any atom is -0.361 e. The fraction of sp³-hybridized carbons (Fsp3) is 0.286. The summed E-state index contributed by atoms with van der Waals surface area (Å²) >= 11 is 0.986. The molecule has 1 aromatic heterocycles. The first kappa shape index (κ1) is 11.0. The van der Waals surface area contributed by atoms with Gasteiger partial charge < -0.3 is 5.32 Å². The number of sulfonamides is 1. The molecule has 5 nitrogen and oxygen atoms in total. The predicted molar refractivity (Wildman–Crippen MR) is 55.4 cm³/mol. The zero-order valence-corrected chi connectivity index (χ0v) is 8.86. The molecule has 0 aromatic carbocycles. The Morgan fingerprint density at radius 1 is 1.71 bits per heavy atom. The number of nitrogens with two attached hydrogens (primary N) is 1. The molecule has 1 heterocycles. The molecular formula is C7H9N3O2S2. The van der Waals surface area contributed by atoms with Crippen LogP contribution in [-0.4, -0.2) is 19.9 Å². The molecule has 1 aromatic rings. The van der Waals surface area contributed by atoms with E-state index < -0.39 is 10.0 Å². The van der Waals surface area contributed by atoms with Crippen molar-refractivity contribution in [2.45, 2.75) is 10.6 Å². The third kappa shape index (κ3) is 2.99. The lowest BCUT2D eigenvalue weighted by atomic mass is 10.4. The topological polar surface area (TPSA) is 85.1 Å². The van der Waals surface area contributed by atoms with E-state index in [2.05, 4.69) is 16.2 Å². The Morgan fingerprint density at radius 2 is 2.43 bits per heavy atom. The third-order valence-corrected chi connectivity index (χ3v) is 3.67. The van der Waals surface area contributed by atoms with Gasteiger partial charge in [-0.05, 0) is 0 Å². The number of nitrogens with zero attached hydrogens (tertiary/aromatic N) is 1. The second kappa shape index (κ2) is 4.41. The number of terminal acetylenes is 1. The number of thiazole rings is 1. The maximum atomic E-state index is 10.9. The van der Waals surface area contributed by atoms with Crippen LogP contribution in [0.2, 0.25) is 0 Å². The van der Waals surface area contributed by atoms with Crippen LogP contribution in [-0.2, 0) is 10.0 Å². The monoisotopic (exact) mass is 231 g/mol. The average Bonchev–Trinajstić information content (AvgIpc) is 2.52. The highest BCUT2D eigenvalue weighted by Crippen LogP contribution is 2.20. The quantitative estimate of drug-likeness (QED) is 0.573. The molecule has 0 aliphatic heterocycles. The van der Waals surface area contributed by atoms with Crippen LogP contribution in [0.4, 0.5) is 5.13 Å². The molecule has 0 amide bonds. The van der Waals surface area contributed by atoms with Crippen LogP contribution in [0, 0.1) is 12.3 Å². The maximum absolute atomic E-state index is 10.9. The minimum absolute atomic E-state index is 0.0423. The van der Waals surface area contributed by atoms with Crippen LogP contribution in [0.25, 0.3) is 0 Å². The fourth-order valence-corrected chi connectivity index (χ4v) is 2.19. The highest BCUT2D eigenvalue weighted by Gasteiger charge is 2.11. The third-order valence-electron chi connectivity index (χ3n) is 1.31. The van der Waals surface area contributed by atoms with Gasteiger partial charge in [0, 0.05) is 13.0 Å². The Kier molecular flexibility index (Phi) is 3.46. The summed E-state index contributed by atoms with van der Waals surface area (Å²) in [7, 11) is -3.64. The lowest BCUT2D eigenvalue weighted by molar-refractivity contribution is 0.599. The number of rotatable bonds is 4. The SMILES string of the molecule is C#CCCNc1ncc(S(N)(=O)=O)s1. The van der Waals surface area contributed by atoms with Crippen LogP contribution < -0.4 is 10.5 Å². The van der Waals surface area contributed by atoms with Gasteiger partial charge in [0.05, 0.1) is 6.20 Å². The van der Waals surface area contributed by atoms with Crippen molar-refractivity contribution in [3.8, 4) is 12.3 Å². The van der Waals surface area contributed by atoms with E-state index in [1.54, 1.807) is 0 Å². The Balaban J connectivity index is 2.66. The molecule has 76 valence electrons. The molecule has 0 radical (unpaired) electrons. The van der Waals surface area contributed by atoms with Gasteiger partial charge in [-0.3, -0.25) is 0 Å². The summed E-state index contributed by atoms with van der Waals surface area (Å²) in [6.45, 7) is 0.564. The van der Waals surface area contributed by atoms with Crippen molar-refractivity contribution in [1.29, 1.82) is 0 Å². The smallest absolute Gasteiger partial charge is 0.249 e. The van der Waals surface area contributed by atoms with Gasteiger partial charge in [0.1, 0.15) is 0 Å². The largest absolute Gasteiger partial charge is 0.361 e. The molecule has 0 bridgehead atoms. The van der Waals surface area contributed by atoms with Crippen molar-refractivity contribution in [2.24, 2.45) is 5.14 Å². The molecule has 0 saturated carbocycles. The second-order valence-corrected chi connectivity index (χ2v) is 5.23. The standard InChI is InChI=1S/C7H9N3O2S2/c1-2-3-4-9-7-10-5-6(13-7)14(8,11)12/h1,5H,3-4H2,(H,9,10)(H2,8,11,12). The minimum atomic E-state index is -3.64. The first-order chi connectivity index (χ1) is 6.54. The number of hydrogen-bond donors (Lipinski definition) is 2. The number of primary sulfonamides is 1. The van der Waals surface area contributed by atoms with E-state index in [0.29, 0.717) is 18.1 Å². The summed E-state index contributed by atoms with van der Waals surface area (Å²) in [4.78, 5) is 3.83. The first-order valence-electron chi connectivity index (χ1n) is 3.70. The summed E-state index contributed by atoms with van der Waals surface area (Å²) in [5, 5.41) is 8.29.